The van der Waals surface area contributed by atoms with Crippen molar-refractivity contribution in [3.8, 4) is 0 Å². The van der Waals surface area contributed by atoms with Gasteiger partial charge in [-0.25, -0.2) is 4.39 Å². The molecule has 0 heterocycles. The van der Waals surface area contributed by atoms with E-state index in [1.165, 1.54) is 12.5 Å². The molecule has 0 spiro atoms. The topological polar surface area (TPSA) is 55.1 Å². The minimum absolute atomic E-state index is 0.156. The average Bonchev–Trinajstić information content (AvgIpc) is 2.42. The first-order valence-electron chi connectivity index (χ1n) is 7.87. The number of aryl methyl sites for hydroxylation is 1. The Balaban J connectivity index is 1.76. The lowest BCUT2D eigenvalue weighted by Crippen LogP contribution is -2.53. The molecule has 2 aliphatic rings. The highest BCUT2D eigenvalue weighted by molar-refractivity contribution is 5.94. The van der Waals surface area contributed by atoms with Crippen LogP contribution in [-0.2, 0) is 0 Å². The summed E-state index contributed by atoms with van der Waals surface area (Å²) in [6.45, 7) is 1.87. The van der Waals surface area contributed by atoms with Gasteiger partial charge in [-0.1, -0.05) is 18.1 Å². The van der Waals surface area contributed by atoms with Crippen molar-refractivity contribution in [2.75, 3.05) is 0 Å². The minimum atomic E-state index is -0.448. The van der Waals surface area contributed by atoms with Crippen molar-refractivity contribution in [1.29, 1.82) is 0 Å². The molecule has 21 heavy (non-hydrogen) atoms. The summed E-state index contributed by atoms with van der Waals surface area (Å²) in [6.07, 6.45) is 5.39. The average molecular weight is 290 g/mol. The van der Waals surface area contributed by atoms with Crippen LogP contribution in [0.5, 0.6) is 0 Å². The molecular weight excluding hydrogens is 267 g/mol. The van der Waals surface area contributed by atoms with Crippen LogP contribution in [0.1, 0.15) is 48.0 Å². The maximum atomic E-state index is 13.8. The SMILES string of the molecule is Cc1ccc(F)c(C(=O)NC2C3CCCC2CC(N)C3)c1. The third kappa shape index (κ3) is 2.95. The highest BCUT2D eigenvalue weighted by Crippen LogP contribution is 2.39. The Morgan fingerprint density at radius 1 is 1.29 bits per heavy atom. The molecule has 3 nitrogen and oxygen atoms in total. The van der Waals surface area contributed by atoms with Crippen molar-refractivity contribution in [1.82, 2.24) is 5.32 Å². The summed E-state index contributed by atoms with van der Waals surface area (Å²) in [6, 6.07) is 5.08. The Hall–Kier alpha value is -1.42. The number of carbonyl (C=O) groups excluding carboxylic acids is 1. The number of nitrogens with one attached hydrogen (secondary N) is 1. The molecule has 114 valence electrons. The van der Waals surface area contributed by atoms with Crippen LogP contribution < -0.4 is 11.1 Å². The largest absolute Gasteiger partial charge is 0.349 e. The molecule has 3 rings (SSSR count). The van der Waals surface area contributed by atoms with E-state index in [4.69, 9.17) is 5.73 Å². The monoisotopic (exact) mass is 290 g/mol. The fourth-order valence-electron chi connectivity index (χ4n) is 4.07. The van der Waals surface area contributed by atoms with Gasteiger partial charge >= 0.3 is 0 Å². The van der Waals surface area contributed by atoms with Gasteiger partial charge in [0.25, 0.3) is 5.91 Å². The molecule has 1 aromatic rings. The highest BCUT2D eigenvalue weighted by atomic mass is 19.1. The summed E-state index contributed by atoms with van der Waals surface area (Å²) < 4.78 is 13.8. The van der Waals surface area contributed by atoms with Crippen LogP contribution >= 0.6 is 0 Å². The van der Waals surface area contributed by atoms with Crippen molar-refractivity contribution in [3.05, 3.63) is 35.1 Å². The highest BCUT2D eigenvalue weighted by Gasteiger charge is 2.40. The molecule has 2 fully saturated rings. The molecule has 2 unspecified atom stereocenters. The van der Waals surface area contributed by atoms with Gasteiger partial charge in [0.15, 0.2) is 0 Å². The Labute approximate surface area is 125 Å². The predicted octanol–water partition coefficient (Wildman–Crippen LogP) is 2.77. The number of carbonyl (C=O) groups is 1. The Morgan fingerprint density at radius 2 is 1.95 bits per heavy atom. The molecule has 2 aliphatic carbocycles. The molecule has 1 amide bonds. The molecule has 0 aromatic heterocycles. The van der Waals surface area contributed by atoms with Gasteiger partial charge < -0.3 is 11.1 Å². The number of nitrogens with two attached hydrogens (primary N) is 1. The van der Waals surface area contributed by atoms with E-state index in [9.17, 15) is 9.18 Å². The van der Waals surface area contributed by atoms with Gasteiger partial charge in [0.2, 0.25) is 0 Å². The maximum absolute atomic E-state index is 13.8. The van der Waals surface area contributed by atoms with Crippen LogP contribution in [0.4, 0.5) is 4.39 Å². The molecule has 0 aliphatic heterocycles. The molecule has 0 radical (unpaired) electrons. The molecule has 4 heteroatoms. The van der Waals surface area contributed by atoms with Gasteiger partial charge in [-0.05, 0) is 56.6 Å². The first-order chi connectivity index (χ1) is 10.0. The maximum Gasteiger partial charge on any atom is 0.254 e. The Bertz CT molecular complexity index is 532. The summed E-state index contributed by atoms with van der Waals surface area (Å²) in [7, 11) is 0. The van der Waals surface area contributed by atoms with E-state index in [1.54, 1.807) is 12.1 Å². The third-order valence-electron chi connectivity index (χ3n) is 5.04. The van der Waals surface area contributed by atoms with Gasteiger partial charge in [0.1, 0.15) is 5.82 Å². The van der Waals surface area contributed by atoms with E-state index in [2.05, 4.69) is 5.32 Å². The summed E-state index contributed by atoms with van der Waals surface area (Å²) >= 11 is 0. The Kier molecular flexibility index (Phi) is 3.98. The molecule has 2 saturated carbocycles. The van der Waals surface area contributed by atoms with Crippen LogP contribution in [0.25, 0.3) is 0 Å². The lowest BCUT2D eigenvalue weighted by Gasteiger charge is -2.45. The summed E-state index contributed by atoms with van der Waals surface area (Å²) in [5, 5.41) is 3.09. The van der Waals surface area contributed by atoms with E-state index in [0.717, 1.165) is 31.2 Å². The number of amides is 1. The zero-order valence-electron chi connectivity index (χ0n) is 12.4. The van der Waals surface area contributed by atoms with E-state index in [1.807, 2.05) is 6.92 Å². The van der Waals surface area contributed by atoms with Crippen LogP contribution in [0.2, 0.25) is 0 Å². The molecule has 2 atom stereocenters. The normalized spacial score (nSPS) is 31.8. The lowest BCUT2D eigenvalue weighted by molar-refractivity contribution is 0.0752. The van der Waals surface area contributed by atoms with Gasteiger partial charge in [-0.3, -0.25) is 4.79 Å². The quantitative estimate of drug-likeness (QED) is 0.880. The summed E-state index contributed by atoms with van der Waals surface area (Å²) in [5.74, 6) is 0.165. The fourth-order valence-corrected chi connectivity index (χ4v) is 4.07. The van der Waals surface area contributed by atoms with E-state index < -0.39 is 5.82 Å². The second-order valence-corrected chi connectivity index (χ2v) is 6.67. The molecule has 0 saturated heterocycles. The van der Waals surface area contributed by atoms with E-state index >= 15 is 0 Å². The van der Waals surface area contributed by atoms with Gasteiger partial charge in [-0.2, -0.15) is 0 Å². The standard InChI is InChI=1S/C17H23FN2O/c1-10-5-6-15(18)14(7-10)17(21)20-16-11-3-2-4-12(16)9-13(19)8-11/h5-7,11-13,16H,2-4,8-9,19H2,1H3,(H,20,21). The van der Waals surface area contributed by atoms with Crippen LogP contribution in [0.3, 0.4) is 0 Å². The van der Waals surface area contributed by atoms with E-state index in [-0.39, 0.29) is 23.6 Å². The van der Waals surface area contributed by atoms with Crippen molar-refractivity contribution in [3.63, 3.8) is 0 Å². The summed E-state index contributed by atoms with van der Waals surface area (Å²) in [4.78, 5) is 12.4. The van der Waals surface area contributed by atoms with Crippen molar-refractivity contribution in [2.45, 2.75) is 51.1 Å². The fraction of sp³-hybridized carbons (Fsp3) is 0.588. The molecule has 3 N–H and O–H groups in total. The number of benzene rings is 1. The minimum Gasteiger partial charge on any atom is -0.349 e. The third-order valence-corrected chi connectivity index (χ3v) is 5.04. The van der Waals surface area contributed by atoms with Gasteiger partial charge in [-0.15, -0.1) is 0 Å². The van der Waals surface area contributed by atoms with Crippen LogP contribution in [0, 0.1) is 24.6 Å². The number of halogens is 1. The van der Waals surface area contributed by atoms with Gasteiger partial charge in [0.05, 0.1) is 5.56 Å². The predicted molar refractivity (Wildman–Crippen MR) is 80.4 cm³/mol. The van der Waals surface area contributed by atoms with Crippen molar-refractivity contribution < 1.29 is 9.18 Å². The van der Waals surface area contributed by atoms with Gasteiger partial charge in [0, 0.05) is 12.1 Å². The zero-order valence-corrected chi connectivity index (χ0v) is 12.4. The first kappa shape index (κ1) is 14.5. The van der Waals surface area contributed by atoms with E-state index in [0.29, 0.717) is 11.8 Å². The second-order valence-electron chi connectivity index (χ2n) is 6.67. The number of hydrogen-bond donors (Lipinski definition) is 2. The second kappa shape index (κ2) is 5.76. The van der Waals surface area contributed by atoms with Crippen LogP contribution in [-0.4, -0.2) is 18.0 Å². The smallest absolute Gasteiger partial charge is 0.254 e. The zero-order chi connectivity index (χ0) is 15.0. The number of fused-ring (bicyclic) bond motifs is 2. The van der Waals surface area contributed by atoms with Crippen LogP contribution in [0.15, 0.2) is 18.2 Å². The molecule has 1 aromatic carbocycles. The number of hydrogen-bond acceptors (Lipinski definition) is 2. The first-order valence-corrected chi connectivity index (χ1v) is 7.87. The lowest BCUT2D eigenvalue weighted by atomic mass is 9.67. The molecular formula is C17H23FN2O. The van der Waals surface area contributed by atoms with Crippen molar-refractivity contribution in [2.24, 2.45) is 17.6 Å². The van der Waals surface area contributed by atoms with Crippen molar-refractivity contribution >= 4 is 5.91 Å². The molecule has 2 bridgehead atoms. The number of rotatable bonds is 2. The Morgan fingerprint density at radius 3 is 2.62 bits per heavy atom. The summed E-state index contributed by atoms with van der Waals surface area (Å²) in [5.41, 5.74) is 7.15.